The minimum absolute atomic E-state index is 0.234. The SMILES string of the molecule is CN1C(=O)c2c(N(C)C)ccc(N(C)C)c2C1=O. The maximum atomic E-state index is 12.2. The summed E-state index contributed by atoms with van der Waals surface area (Å²) >= 11 is 0. The zero-order chi connectivity index (χ0) is 13.6. The molecule has 1 aliphatic heterocycles. The molecule has 5 nitrogen and oxygen atoms in total. The second kappa shape index (κ2) is 4.01. The molecule has 2 amide bonds. The van der Waals surface area contributed by atoms with Crippen molar-refractivity contribution in [1.29, 1.82) is 0 Å². The van der Waals surface area contributed by atoms with Crippen molar-refractivity contribution in [3.63, 3.8) is 0 Å². The van der Waals surface area contributed by atoms with Gasteiger partial charge in [-0.15, -0.1) is 0 Å². The summed E-state index contributed by atoms with van der Waals surface area (Å²) in [5.74, 6) is -0.468. The Morgan fingerprint density at radius 3 is 1.44 bits per heavy atom. The van der Waals surface area contributed by atoms with Crippen molar-refractivity contribution in [2.75, 3.05) is 45.0 Å². The maximum absolute atomic E-state index is 12.2. The van der Waals surface area contributed by atoms with Gasteiger partial charge in [-0.2, -0.15) is 0 Å². The number of benzene rings is 1. The smallest absolute Gasteiger partial charge is 0.263 e. The van der Waals surface area contributed by atoms with Crippen molar-refractivity contribution in [1.82, 2.24) is 4.90 Å². The molecule has 0 aromatic heterocycles. The van der Waals surface area contributed by atoms with Crippen LogP contribution in [0.25, 0.3) is 0 Å². The summed E-state index contributed by atoms with van der Waals surface area (Å²) in [6, 6.07) is 3.75. The van der Waals surface area contributed by atoms with Crippen LogP contribution in [0.5, 0.6) is 0 Å². The lowest BCUT2D eigenvalue weighted by Crippen LogP contribution is -2.25. The molecule has 0 N–H and O–H groups in total. The van der Waals surface area contributed by atoms with Gasteiger partial charge in [-0.1, -0.05) is 0 Å². The number of hydrogen-bond donors (Lipinski definition) is 0. The van der Waals surface area contributed by atoms with Gasteiger partial charge in [0.1, 0.15) is 0 Å². The number of anilines is 2. The second-order valence-electron chi connectivity index (χ2n) is 4.81. The van der Waals surface area contributed by atoms with Crippen LogP contribution in [0.1, 0.15) is 20.7 Å². The quantitative estimate of drug-likeness (QED) is 0.733. The fourth-order valence-corrected chi connectivity index (χ4v) is 2.19. The van der Waals surface area contributed by atoms with Gasteiger partial charge in [-0.25, -0.2) is 0 Å². The molecule has 1 aromatic carbocycles. The summed E-state index contributed by atoms with van der Waals surface area (Å²) in [4.78, 5) is 29.2. The van der Waals surface area contributed by atoms with E-state index in [9.17, 15) is 9.59 Å². The van der Waals surface area contributed by atoms with Gasteiger partial charge in [0.25, 0.3) is 11.8 Å². The van der Waals surface area contributed by atoms with Crippen LogP contribution < -0.4 is 9.80 Å². The molecular formula is C13H17N3O2. The van der Waals surface area contributed by atoms with Crippen LogP contribution in [0, 0.1) is 0 Å². The molecule has 1 aromatic rings. The number of hydrogen-bond acceptors (Lipinski definition) is 4. The molecule has 0 saturated carbocycles. The monoisotopic (exact) mass is 247 g/mol. The van der Waals surface area contributed by atoms with Gasteiger partial charge in [-0.05, 0) is 12.1 Å². The molecule has 1 aliphatic rings. The molecule has 0 saturated heterocycles. The summed E-state index contributed by atoms with van der Waals surface area (Å²) in [7, 11) is 8.97. The largest absolute Gasteiger partial charge is 0.377 e. The van der Waals surface area contributed by atoms with Crippen molar-refractivity contribution in [3.8, 4) is 0 Å². The van der Waals surface area contributed by atoms with Crippen LogP contribution in [-0.2, 0) is 0 Å². The molecule has 0 bridgehead atoms. The summed E-state index contributed by atoms with van der Waals surface area (Å²) in [5.41, 5.74) is 2.55. The summed E-state index contributed by atoms with van der Waals surface area (Å²) in [6.45, 7) is 0. The first-order valence-electron chi connectivity index (χ1n) is 5.70. The number of imide groups is 1. The van der Waals surface area contributed by atoms with E-state index in [1.54, 1.807) is 0 Å². The first-order valence-corrected chi connectivity index (χ1v) is 5.70. The Bertz CT molecular complexity index is 488. The van der Waals surface area contributed by atoms with Crippen LogP contribution in [0.3, 0.4) is 0 Å². The number of nitrogens with zero attached hydrogens (tertiary/aromatic N) is 3. The molecule has 1 heterocycles. The Hall–Kier alpha value is -2.04. The van der Waals surface area contributed by atoms with E-state index in [-0.39, 0.29) is 11.8 Å². The molecule has 0 atom stereocenters. The van der Waals surface area contributed by atoms with Gasteiger partial charge in [0, 0.05) is 46.6 Å². The Kier molecular flexibility index (Phi) is 2.77. The van der Waals surface area contributed by atoms with Crippen LogP contribution >= 0.6 is 0 Å². The highest BCUT2D eigenvalue weighted by Crippen LogP contribution is 2.36. The minimum Gasteiger partial charge on any atom is -0.377 e. The maximum Gasteiger partial charge on any atom is 0.263 e. The van der Waals surface area contributed by atoms with E-state index in [2.05, 4.69) is 0 Å². The normalized spacial score (nSPS) is 13.9. The van der Waals surface area contributed by atoms with Crippen LogP contribution in [0.4, 0.5) is 11.4 Å². The van der Waals surface area contributed by atoms with Gasteiger partial charge in [-0.3, -0.25) is 14.5 Å². The standard InChI is InChI=1S/C13H17N3O2/c1-14(2)8-6-7-9(15(3)4)11-10(8)12(17)16(5)13(11)18/h6-7H,1-5H3. The van der Waals surface area contributed by atoms with E-state index in [0.717, 1.165) is 11.4 Å². The molecule has 5 heteroatoms. The molecule has 2 rings (SSSR count). The van der Waals surface area contributed by atoms with Crippen LogP contribution in [-0.4, -0.2) is 52.0 Å². The number of carbonyl (C=O) groups excluding carboxylic acids is 2. The first kappa shape index (κ1) is 12.4. The van der Waals surface area contributed by atoms with Crippen molar-refractivity contribution in [3.05, 3.63) is 23.3 Å². The second-order valence-corrected chi connectivity index (χ2v) is 4.81. The molecule has 0 spiro atoms. The summed E-state index contributed by atoms with van der Waals surface area (Å²) < 4.78 is 0. The zero-order valence-corrected chi connectivity index (χ0v) is 11.3. The predicted octanol–water partition coefficient (Wildman–Crippen LogP) is 1.04. The van der Waals surface area contributed by atoms with E-state index in [0.29, 0.717) is 11.1 Å². The number of amides is 2. The lowest BCUT2D eigenvalue weighted by molar-refractivity contribution is 0.0693. The molecule has 18 heavy (non-hydrogen) atoms. The Morgan fingerprint density at radius 1 is 0.833 bits per heavy atom. The molecule has 96 valence electrons. The van der Waals surface area contributed by atoms with Gasteiger partial charge in [0.2, 0.25) is 0 Å². The van der Waals surface area contributed by atoms with Crippen molar-refractivity contribution < 1.29 is 9.59 Å². The van der Waals surface area contributed by atoms with Gasteiger partial charge in [0.05, 0.1) is 11.1 Å². The van der Waals surface area contributed by atoms with Gasteiger partial charge >= 0.3 is 0 Å². The average molecular weight is 247 g/mol. The average Bonchev–Trinajstić information content (AvgIpc) is 2.53. The lowest BCUT2D eigenvalue weighted by Gasteiger charge is -2.20. The lowest BCUT2D eigenvalue weighted by atomic mass is 10.0. The number of fused-ring (bicyclic) bond motifs is 1. The van der Waals surface area contributed by atoms with Crippen LogP contribution in [0.2, 0.25) is 0 Å². The molecular weight excluding hydrogens is 230 g/mol. The Morgan fingerprint density at radius 2 is 1.17 bits per heavy atom. The highest BCUT2D eigenvalue weighted by molar-refractivity contribution is 6.26. The molecule has 0 fully saturated rings. The van der Waals surface area contributed by atoms with Crippen molar-refractivity contribution in [2.24, 2.45) is 0 Å². The van der Waals surface area contributed by atoms with E-state index < -0.39 is 0 Å². The third kappa shape index (κ3) is 1.54. The van der Waals surface area contributed by atoms with E-state index in [4.69, 9.17) is 0 Å². The fraction of sp³-hybridized carbons (Fsp3) is 0.385. The molecule has 0 radical (unpaired) electrons. The highest BCUT2D eigenvalue weighted by Gasteiger charge is 2.38. The first-order chi connectivity index (χ1) is 8.36. The third-order valence-electron chi connectivity index (χ3n) is 3.16. The van der Waals surface area contributed by atoms with Gasteiger partial charge < -0.3 is 9.80 Å². The summed E-state index contributed by atoms with van der Waals surface area (Å²) in [6.07, 6.45) is 0. The van der Waals surface area contributed by atoms with E-state index in [1.807, 2.05) is 50.1 Å². The topological polar surface area (TPSA) is 43.9 Å². The van der Waals surface area contributed by atoms with Crippen LogP contribution in [0.15, 0.2) is 12.1 Å². The summed E-state index contributed by atoms with van der Waals surface area (Å²) in [5, 5.41) is 0. The number of carbonyl (C=O) groups is 2. The predicted molar refractivity (Wildman–Crippen MR) is 71.5 cm³/mol. The Balaban J connectivity index is 2.78. The zero-order valence-electron chi connectivity index (χ0n) is 11.3. The fourth-order valence-electron chi connectivity index (χ4n) is 2.19. The minimum atomic E-state index is -0.234. The van der Waals surface area contributed by atoms with Gasteiger partial charge in [0.15, 0.2) is 0 Å². The highest BCUT2D eigenvalue weighted by atomic mass is 16.2. The molecule has 0 unspecified atom stereocenters. The van der Waals surface area contributed by atoms with E-state index in [1.165, 1.54) is 11.9 Å². The van der Waals surface area contributed by atoms with Crippen molar-refractivity contribution in [2.45, 2.75) is 0 Å². The third-order valence-corrected chi connectivity index (χ3v) is 3.16. The van der Waals surface area contributed by atoms with E-state index >= 15 is 0 Å². The van der Waals surface area contributed by atoms with Crippen molar-refractivity contribution >= 4 is 23.2 Å². The Labute approximate surface area is 107 Å². The number of rotatable bonds is 2. The molecule has 0 aliphatic carbocycles.